The second-order valence-corrected chi connectivity index (χ2v) is 4.26. The van der Waals surface area contributed by atoms with Crippen molar-refractivity contribution in [2.45, 2.75) is 26.8 Å². The van der Waals surface area contributed by atoms with E-state index < -0.39 is 17.9 Å². The van der Waals surface area contributed by atoms with Gasteiger partial charge in [-0.05, 0) is 38.0 Å². The molecule has 1 aromatic rings. The van der Waals surface area contributed by atoms with Gasteiger partial charge in [-0.2, -0.15) is 0 Å². The van der Waals surface area contributed by atoms with E-state index in [1.807, 2.05) is 32.0 Å². The minimum absolute atomic E-state index is 0.412. The number of carbonyl (C=O) groups is 2. The van der Waals surface area contributed by atoms with Crippen molar-refractivity contribution in [2.24, 2.45) is 0 Å². The molecule has 4 nitrogen and oxygen atoms in total. The molecule has 0 aliphatic carbocycles. The third-order valence-corrected chi connectivity index (χ3v) is 2.57. The van der Waals surface area contributed by atoms with Crippen molar-refractivity contribution in [3.05, 3.63) is 41.0 Å². The summed E-state index contributed by atoms with van der Waals surface area (Å²) >= 11 is 0. The van der Waals surface area contributed by atoms with E-state index in [-0.39, 0.29) is 0 Å². The van der Waals surface area contributed by atoms with Gasteiger partial charge in [0.25, 0.3) is 0 Å². The molecule has 0 aromatic heterocycles. The first-order chi connectivity index (χ1) is 8.40. The van der Waals surface area contributed by atoms with Gasteiger partial charge in [0.05, 0.1) is 0 Å². The van der Waals surface area contributed by atoms with Gasteiger partial charge in [-0.3, -0.25) is 9.59 Å². The van der Waals surface area contributed by atoms with Crippen LogP contribution in [0.1, 0.15) is 23.6 Å². The summed E-state index contributed by atoms with van der Waals surface area (Å²) in [5, 5.41) is 11.0. The Kier molecular flexibility index (Phi) is 4.66. The van der Waals surface area contributed by atoms with E-state index in [1.165, 1.54) is 13.0 Å². The lowest BCUT2D eigenvalue weighted by atomic mass is 10.1. The number of aryl methyl sites for hydroxylation is 2. The largest absolute Gasteiger partial charge is 0.480 e. The van der Waals surface area contributed by atoms with Gasteiger partial charge in [0.2, 0.25) is 5.91 Å². The van der Waals surface area contributed by atoms with Crippen LogP contribution in [-0.2, 0) is 9.59 Å². The summed E-state index contributed by atoms with van der Waals surface area (Å²) in [5.41, 5.74) is 3.18. The van der Waals surface area contributed by atoms with Gasteiger partial charge in [-0.25, -0.2) is 0 Å². The molecule has 0 saturated heterocycles. The molecule has 2 N–H and O–H groups in total. The zero-order valence-corrected chi connectivity index (χ0v) is 10.7. The molecule has 0 aliphatic heterocycles. The highest BCUT2D eigenvalue weighted by molar-refractivity contribution is 5.94. The molecule has 0 unspecified atom stereocenters. The van der Waals surface area contributed by atoms with E-state index in [0.717, 1.165) is 16.7 Å². The van der Waals surface area contributed by atoms with E-state index >= 15 is 0 Å². The number of hydrogen-bond acceptors (Lipinski definition) is 2. The molecule has 0 spiro atoms. The van der Waals surface area contributed by atoms with Crippen LogP contribution in [-0.4, -0.2) is 23.0 Å². The van der Waals surface area contributed by atoms with Crippen molar-refractivity contribution >= 4 is 18.0 Å². The predicted molar refractivity (Wildman–Crippen MR) is 70.2 cm³/mol. The lowest BCUT2D eigenvalue weighted by Crippen LogP contribution is -2.37. The van der Waals surface area contributed by atoms with Crippen LogP contribution in [0.2, 0.25) is 0 Å². The number of carboxylic acids is 1. The van der Waals surface area contributed by atoms with E-state index in [0.29, 0.717) is 0 Å². The van der Waals surface area contributed by atoms with Crippen LogP contribution in [0.3, 0.4) is 0 Å². The van der Waals surface area contributed by atoms with E-state index in [2.05, 4.69) is 5.32 Å². The maximum absolute atomic E-state index is 11.4. The van der Waals surface area contributed by atoms with Crippen LogP contribution in [0, 0.1) is 13.8 Å². The Balaban J connectivity index is 2.69. The van der Waals surface area contributed by atoms with Gasteiger partial charge < -0.3 is 10.4 Å². The zero-order chi connectivity index (χ0) is 13.7. The Bertz CT molecular complexity index is 492. The topological polar surface area (TPSA) is 66.4 Å². The predicted octanol–water partition coefficient (Wildman–Crippen LogP) is 1.91. The van der Waals surface area contributed by atoms with Crippen molar-refractivity contribution < 1.29 is 14.7 Å². The summed E-state index contributed by atoms with van der Waals surface area (Å²) in [6.07, 6.45) is 3.02. The number of rotatable bonds is 4. The average molecular weight is 247 g/mol. The molecule has 0 aliphatic rings. The Morgan fingerprint density at radius 3 is 2.56 bits per heavy atom. The monoisotopic (exact) mass is 247 g/mol. The number of aliphatic carboxylic acids is 1. The number of hydrogen-bond donors (Lipinski definition) is 2. The minimum atomic E-state index is -1.05. The smallest absolute Gasteiger partial charge is 0.325 e. The lowest BCUT2D eigenvalue weighted by Gasteiger charge is -2.06. The Morgan fingerprint density at radius 2 is 2.00 bits per heavy atom. The SMILES string of the molecule is Cc1ccc(/C=C/C(=O)N[C@@H](C)C(=O)O)c(C)c1. The molecule has 0 fully saturated rings. The third-order valence-electron chi connectivity index (χ3n) is 2.57. The van der Waals surface area contributed by atoms with Crippen molar-refractivity contribution in [2.75, 3.05) is 0 Å². The first-order valence-electron chi connectivity index (χ1n) is 5.69. The van der Waals surface area contributed by atoms with Crippen LogP contribution < -0.4 is 5.32 Å². The van der Waals surface area contributed by atoms with Crippen molar-refractivity contribution in [1.29, 1.82) is 0 Å². The van der Waals surface area contributed by atoms with E-state index in [4.69, 9.17) is 5.11 Å². The van der Waals surface area contributed by atoms with Gasteiger partial charge in [-0.1, -0.05) is 23.8 Å². The molecule has 0 radical (unpaired) electrons. The second-order valence-electron chi connectivity index (χ2n) is 4.26. The quantitative estimate of drug-likeness (QED) is 0.799. The van der Waals surface area contributed by atoms with E-state index in [9.17, 15) is 9.59 Å². The minimum Gasteiger partial charge on any atom is -0.480 e. The van der Waals surface area contributed by atoms with Crippen molar-refractivity contribution in [3.8, 4) is 0 Å². The van der Waals surface area contributed by atoms with Crippen LogP contribution in [0.5, 0.6) is 0 Å². The maximum atomic E-state index is 11.4. The van der Waals surface area contributed by atoms with Gasteiger partial charge in [0.15, 0.2) is 0 Å². The number of carbonyl (C=O) groups excluding carboxylic acids is 1. The first-order valence-corrected chi connectivity index (χ1v) is 5.69. The normalized spacial score (nSPS) is 12.4. The molecule has 0 saturated carbocycles. The number of carboxylic acid groups (broad SMARTS) is 1. The highest BCUT2D eigenvalue weighted by atomic mass is 16.4. The van der Waals surface area contributed by atoms with E-state index in [1.54, 1.807) is 6.08 Å². The number of benzene rings is 1. The Labute approximate surface area is 106 Å². The first kappa shape index (κ1) is 14.0. The number of amides is 1. The second kappa shape index (κ2) is 6.00. The fraction of sp³-hybridized carbons (Fsp3) is 0.286. The fourth-order valence-corrected chi connectivity index (χ4v) is 1.50. The average Bonchev–Trinajstić information content (AvgIpc) is 2.27. The summed E-state index contributed by atoms with van der Waals surface area (Å²) < 4.78 is 0. The van der Waals surface area contributed by atoms with Crippen LogP contribution in [0.15, 0.2) is 24.3 Å². The molecule has 18 heavy (non-hydrogen) atoms. The van der Waals surface area contributed by atoms with Gasteiger partial charge in [0, 0.05) is 6.08 Å². The maximum Gasteiger partial charge on any atom is 0.325 e. The molecule has 1 amide bonds. The molecule has 96 valence electrons. The number of nitrogens with one attached hydrogen (secondary N) is 1. The highest BCUT2D eigenvalue weighted by Gasteiger charge is 2.11. The van der Waals surface area contributed by atoms with Crippen molar-refractivity contribution in [3.63, 3.8) is 0 Å². The highest BCUT2D eigenvalue weighted by Crippen LogP contribution is 2.11. The Morgan fingerprint density at radius 1 is 1.33 bits per heavy atom. The van der Waals surface area contributed by atoms with Crippen LogP contribution in [0.25, 0.3) is 6.08 Å². The van der Waals surface area contributed by atoms with Gasteiger partial charge in [-0.15, -0.1) is 0 Å². The zero-order valence-electron chi connectivity index (χ0n) is 10.7. The van der Waals surface area contributed by atoms with Gasteiger partial charge in [0.1, 0.15) is 6.04 Å². The molecule has 0 heterocycles. The summed E-state index contributed by atoms with van der Waals surface area (Å²) in [6, 6.07) is 5.03. The summed E-state index contributed by atoms with van der Waals surface area (Å²) in [5.74, 6) is -1.46. The molecule has 1 rings (SSSR count). The molecular weight excluding hydrogens is 230 g/mol. The summed E-state index contributed by atoms with van der Waals surface area (Å²) in [4.78, 5) is 22.0. The Hall–Kier alpha value is -2.10. The summed E-state index contributed by atoms with van der Waals surface area (Å²) in [7, 11) is 0. The lowest BCUT2D eigenvalue weighted by molar-refractivity contribution is -0.140. The van der Waals surface area contributed by atoms with Crippen LogP contribution in [0.4, 0.5) is 0 Å². The van der Waals surface area contributed by atoms with Gasteiger partial charge >= 0.3 is 5.97 Å². The molecule has 4 heteroatoms. The van der Waals surface area contributed by atoms with Crippen molar-refractivity contribution in [1.82, 2.24) is 5.32 Å². The standard InChI is InChI=1S/C14H17NO3/c1-9-4-5-12(10(2)8-9)6-7-13(16)15-11(3)14(17)18/h4-8,11H,1-3H3,(H,15,16)(H,17,18)/b7-6+/t11-/m0/s1. The van der Waals surface area contributed by atoms with Crippen LogP contribution >= 0.6 is 0 Å². The summed E-state index contributed by atoms with van der Waals surface area (Å²) in [6.45, 7) is 5.39. The molecule has 1 aromatic carbocycles. The molecule has 0 bridgehead atoms. The molecular formula is C14H17NO3. The fourth-order valence-electron chi connectivity index (χ4n) is 1.50. The molecule has 1 atom stereocenters. The third kappa shape index (κ3) is 4.05.